The summed E-state index contributed by atoms with van der Waals surface area (Å²) in [4.78, 5) is 0. The molecule has 0 spiro atoms. The molecule has 0 heterocycles. The van der Waals surface area contributed by atoms with Crippen molar-refractivity contribution in [3.05, 3.63) is 24.5 Å². The molecule has 0 aliphatic carbocycles. The summed E-state index contributed by atoms with van der Waals surface area (Å²) < 4.78 is 0. The Labute approximate surface area is 69.4 Å². The van der Waals surface area contributed by atoms with Gasteiger partial charge in [0, 0.05) is 0 Å². The SMILES string of the molecule is CC/C=C/CCCC/C=C/[O]. The Bertz CT molecular complexity index is 114. The lowest BCUT2D eigenvalue weighted by Crippen LogP contribution is -1.71. The third-order valence-corrected chi connectivity index (χ3v) is 1.49. The van der Waals surface area contributed by atoms with Crippen LogP contribution in [0.3, 0.4) is 0 Å². The van der Waals surface area contributed by atoms with Crippen LogP contribution < -0.4 is 0 Å². The van der Waals surface area contributed by atoms with Crippen molar-refractivity contribution in [1.29, 1.82) is 0 Å². The van der Waals surface area contributed by atoms with Crippen molar-refractivity contribution in [1.82, 2.24) is 0 Å². The van der Waals surface area contributed by atoms with E-state index in [0.29, 0.717) is 0 Å². The molecule has 0 amide bonds. The van der Waals surface area contributed by atoms with E-state index in [4.69, 9.17) is 0 Å². The second-order valence-corrected chi connectivity index (χ2v) is 2.54. The molecule has 0 aliphatic heterocycles. The van der Waals surface area contributed by atoms with Crippen LogP contribution in [0.15, 0.2) is 24.5 Å². The van der Waals surface area contributed by atoms with Crippen LogP contribution in [0, 0.1) is 0 Å². The Morgan fingerprint density at radius 2 is 1.64 bits per heavy atom. The van der Waals surface area contributed by atoms with Gasteiger partial charge in [-0.25, -0.2) is 0 Å². The molecular weight excluding hydrogens is 136 g/mol. The Hall–Kier alpha value is -0.720. The first-order chi connectivity index (χ1) is 5.41. The van der Waals surface area contributed by atoms with Gasteiger partial charge in [-0.2, -0.15) is 0 Å². The normalized spacial score (nSPS) is 11.7. The van der Waals surface area contributed by atoms with Crippen LogP contribution in [0.4, 0.5) is 0 Å². The number of hydrogen-bond acceptors (Lipinski definition) is 0. The van der Waals surface area contributed by atoms with Crippen LogP contribution in [0.25, 0.3) is 0 Å². The summed E-state index contributed by atoms with van der Waals surface area (Å²) in [5, 5.41) is 9.87. The second kappa shape index (κ2) is 9.28. The highest BCUT2D eigenvalue weighted by Gasteiger charge is 1.82. The van der Waals surface area contributed by atoms with E-state index < -0.39 is 0 Å². The van der Waals surface area contributed by atoms with Crippen molar-refractivity contribution in [2.45, 2.75) is 39.0 Å². The van der Waals surface area contributed by atoms with Crippen LogP contribution in [-0.4, -0.2) is 0 Å². The maximum Gasteiger partial charge on any atom is 0.138 e. The van der Waals surface area contributed by atoms with Crippen molar-refractivity contribution >= 4 is 0 Å². The van der Waals surface area contributed by atoms with Crippen LogP contribution in [-0.2, 0) is 5.11 Å². The minimum absolute atomic E-state index is 0.877. The van der Waals surface area contributed by atoms with E-state index in [1.807, 2.05) is 0 Å². The van der Waals surface area contributed by atoms with Crippen LogP contribution in [0.2, 0.25) is 0 Å². The summed E-state index contributed by atoms with van der Waals surface area (Å²) in [6.07, 6.45) is 12.5. The van der Waals surface area contributed by atoms with Gasteiger partial charge in [0.05, 0.1) is 0 Å². The maximum absolute atomic E-state index is 9.87. The smallest absolute Gasteiger partial charge is 0.138 e. The Balaban J connectivity index is 2.96. The van der Waals surface area contributed by atoms with Crippen LogP contribution >= 0.6 is 0 Å². The standard InChI is InChI=1S/C10H17O/c1-2-3-4-5-6-7-8-9-10-11/h3-4,9-10H,2,5-8H2,1H3/b4-3+,10-9+. The molecule has 0 aromatic heterocycles. The van der Waals surface area contributed by atoms with Crippen LogP contribution in [0.1, 0.15) is 39.0 Å². The molecule has 0 saturated heterocycles. The summed E-state index contributed by atoms with van der Waals surface area (Å²) >= 11 is 0. The zero-order valence-corrected chi connectivity index (χ0v) is 7.25. The van der Waals surface area contributed by atoms with Gasteiger partial charge < -0.3 is 0 Å². The van der Waals surface area contributed by atoms with E-state index in [-0.39, 0.29) is 0 Å². The largest absolute Gasteiger partial charge is 0.299 e. The molecule has 0 unspecified atom stereocenters. The van der Waals surface area contributed by atoms with Crippen molar-refractivity contribution < 1.29 is 5.11 Å². The molecule has 0 aromatic carbocycles. The molecular formula is C10H17O. The molecule has 1 radical (unpaired) electrons. The van der Waals surface area contributed by atoms with Crippen LogP contribution in [0.5, 0.6) is 0 Å². The van der Waals surface area contributed by atoms with E-state index in [1.165, 1.54) is 6.42 Å². The van der Waals surface area contributed by atoms with Gasteiger partial charge in [0.2, 0.25) is 0 Å². The zero-order chi connectivity index (χ0) is 8.36. The lowest BCUT2D eigenvalue weighted by atomic mass is 10.2. The van der Waals surface area contributed by atoms with Gasteiger partial charge in [0.25, 0.3) is 0 Å². The molecule has 0 N–H and O–H groups in total. The highest BCUT2D eigenvalue weighted by Crippen LogP contribution is 2.01. The topological polar surface area (TPSA) is 19.9 Å². The monoisotopic (exact) mass is 153 g/mol. The minimum Gasteiger partial charge on any atom is -0.299 e. The highest BCUT2D eigenvalue weighted by atomic mass is 16.2. The predicted molar refractivity (Wildman–Crippen MR) is 47.7 cm³/mol. The molecule has 0 bridgehead atoms. The van der Waals surface area contributed by atoms with E-state index in [9.17, 15) is 5.11 Å². The lowest BCUT2D eigenvalue weighted by molar-refractivity contribution is 0.349. The summed E-state index contributed by atoms with van der Waals surface area (Å²) in [7, 11) is 0. The Morgan fingerprint density at radius 3 is 2.18 bits per heavy atom. The van der Waals surface area contributed by atoms with Crippen molar-refractivity contribution in [3.8, 4) is 0 Å². The molecule has 1 heteroatoms. The zero-order valence-electron chi connectivity index (χ0n) is 7.25. The fourth-order valence-corrected chi connectivity index (χ4v) is 0.877. The van der Waals surface area contributed by atoms with Gasteiger partial charge in [-0.05, 0) is 38.2 Å². The molecule has 0 aliphatic rings. The average Bonchev–Trinajstić information content (AvgIpc) is 2.03. The van der Waals surface area contributed by atoms with Gasteiger partial charge in [-0.3, -0.25) is 5.11 Å². The van der Waals surface area contributed by atoms with Gasteiger partial charge in [0.1, 0.15) is 6.26 Å². The summed E-state index contributed by atoms with van der Waals surface area (Å²) in [5.74, 6) is 0. The predicted octanol–water partition coefficient (Wildman–Crippen LogP) is 3.46. The van der Waals surface area contributed by atoms with Gasteiger partial charge >= 0.3 is 0 Å². The second-order valence-electron chi connectivity index (χ2n) is 2.54. The molecule has 11 heavy (non-hydrogen) atoms. The van der Waals surface area contributed by atoms with Gasteiger partial charge in [-0.15, -0.1) is 0 Å². The average molecular weight is 153 g/mol. The molecule has 63 valence electrons. The molecule has 0 atom stereocenters. The number of hydrogen-bond donors (Lipinski definition) is 0. The third-order valence-electron chi connectivity index (χ3n) is 1.49. The third kappa shape index (κ3) is 9.28. The van der Waals surface area contributed by atoms with E-state index in [1.54, 1.807) is 6.08 Å². The quantitative estimate of drug-likeness (QED) is 0.316. The van der Waals surface area contributed by atoms with E-state index in [0.717, 1.165) is 31.9 Å². The van der Waals surface area contributed by atoms with E-state index >= 15 is 0 Å². The highest BCUT2D eigenvalue weighted by molar-refractivity contribution is 4.80. The Kier molecular flexibility index (Phi) is 8.67. The van der Waals surface area contributed by atoms with Crippen molar-refractivity contribution in [2.75, 3.05) is 0 Å². The molecule has 0 saturated carbocycles. The fourth-order valence-electron chi connectivity index (χ4n) is 0.877. The summed E-state index contributed by atoms with van der Waals surface area (Å²) in [6.45, 7) is 2.14. The van der Waals surface area contributed by atoms with Gasteiger partial charge in [-0.1, -0.05) is 19.1 Å². The van der Waals surface area contributed by atoms with Crippen molar-refractivity contribution in [3.63, 3.8) is 0 Å². The number of unbranched alkanes of at least 4 members (excludes halogenated alkanes) is 3. The van der Waals surface area contributed by atoms with Gasteiger partial charge in [0.15, 0.2) is 0 Å². The lowest BCUT2D eigenvalue weighted by Gasteiger charge is -1.90. The molecule has 1 nitrogen and oxygen atoms in total. The molecule has 0 aromatic rings. The molecule has 0 rings (SSSR count). The first kappa shape index (κ1) is 10.3. The maximum atomic E-state index is 9.87. The first-order valence-corrected chi connectivity index (χ1v) is 4.33. The fraction of sp³-hybridized carbons (Fsp3) is 0.600. The Morgan fingerprint density at radius 1 is 1.00 bits per heavy atom. The van der Waals surface area contributed by atoms with Crippen molar-refractivity contribution in [2.24, 2.45) is 0 Å². The number of allylic oxidation sites excluding steroid dienone is 3. The molecule has 0 fully saturated rings. The van der Waals surface area contributed by atoms with E-state index in [2.05, 4.69) is 19.1 Å². The summed E-state index contributed by atoms with van der Waals surface area (Å²) in [6, 6.07) is 0. The minimum atomic E-state index is 0.877. The number of rotatable bonds is 6. The first-order valence-electron chi connectivity index (χ1n) is 4.33. The summed E-state index contributed by atoms with van der Waals surface area (Å²) in [5.41, 5.74) is 0.